The first-order valence-electron chi connectivity index (χ1n) is 16.1. The van der Waals surface area contributed by atoms with E-state index >= 15 is 0 Å². The summed E-state index contributed by atoms with van der Waals surface area (Å²) >= 11 is 0. The molecular weight excluding hydrogens is 616 g/mol. The number of sulfonamides is 1. The normalized spacial score (nSPS) is 22.6. The van der Waals surface area contributed by atoms with Gasteiger partial charge >= 0.3 is 0 Å². The lowest BCUT2D eigenvalue weighted by Crippen LogP contribution is -2.75. The number of benzene rings is 1. The maximum Gasteiger partial charge on any atom is 0.248 e. The van der Waals surface area contributed by atoms with Gasteiger partial charge in [0.2, 0.25) is 21.8 Å². The zero-order chi connectivity index (χ0) is 31.6. The Morgan fingerprint density at radius 1 is 1.09 bits per heavy atom. The molecule has 3 fully saturated rings. The van der Waals surface area contributed by atoms with Crippen LogP contribution in [0.5, 0.6) is 0 Å². The van der Waals surface area contributed by atoms with E-state index in [2.05, 4.69) is 32.1 Å². The zero-order valence-corrected chi connectivity index (χ0v) is 28.5. The molecule has 1 saturated carbocycles. The molecule has 1 aliphatic carbocycles. The van der Waals surface area contributed by atoms with Crippen LogP contribution in [0.15, 0.2) is 29.2 Å². The van der Waals surface area contributed by atoms with Gasteiger partial charge in [-0.3, -0.25) is 19.6 Å². The van der Waals surface area contributed by atoms with Crippen LogP contribution < -0.4 is 10.0 Å². The van der Waals surface area contributed by atoms with Gasteiger partial charge in [0.15, 0.2) is 0 Å². The van der Waals surface area contributed by atoms with Crippen LogP contribution in [0.25, 0.3) is 0 Å². The number of carbonyl (C=O) groups excluding carboxylic acids is 2. The quantitative estimate of drug-likeness (QED) is 0.305. The van der Waals surface area contributed by atoms with Gasteiger partial charge in [0.05, 0.1) is 22.7 Å². The minimum atomic E-state index is -3.58. The van der Waals surface area contributed by atoms with Crippen molar-refractivity contribution < 1.29 is 23.1 Å². The van der Waals surface area contributed by atoms with Gasteiger partial charge in [-0.2, -0.15) is 5.10 Å². The Kier molecular flexibility index (Phi) is 11.4. The molecule has 0 bridgehead atoms. The predicted molar refractivity (Wildman–Crippen MR) is 175 cm³/mol. The summed E-state index contributed by atoms with van der Waals surface area (Å²) in [5.41, 5.74) is 2.75. The number of likely N-dealkylation sites (tertiary alicyclic amines) is 1. The third-order valence-electron chi connectivity index (χ3n) is 10.2. The van der Waals surface area contributed by atoms with E-state index in [4.69, 9.17) is 0 Å². The van der Waals surface area contributed by atoms with Gasteiger partial charge in [0, 0.05) is 30.9 Å². The van der Waals surface area contributed by atoms with E-state index in [1.165, 1.54) is 7.05 Å². The van der Waals surface area contributed by atoms with E-state index in [1.54, 1.807) is 17.0 Å². The Morgan fingerprint density at radius 3 is 2.29 bits per heavy atom. The molecule has 2 aromatic rings. The molecule has 45 heavy (non-hydrogen) atoms. The number of piperidine rings is 1. The molecule has 250 valence electrons. The van der Waals surface area contributed by atoms with Gasteiger partial charge in [0.25, 0.3) is 0 Å². The summed E-state index contributed by atoms with van der Waals surface area (Å²) in [7, 11) is -2.19. The highest BCUT2D eigenvalue weighted by Crippen LogP contribution is 2.40. The van der Waals surface area contributed by atoms with E-state index in [0.717, 1.165) is 67.5 Å². The van der Waals surface area contributed by atoms with Crippen molar-refractivity contribution in [2.45, 2.75) is 107 Å². The molecule has 4 N–H and O–H groups in total. The van der Waals surface area contributed by atoms with Crippen molar-refractivity contribution >= 4 is 34.2 Å². The molecule has 13 heteroatoms. The van der Waals surface area contributed by atoms with Crippen LogP contribution in [0, 0.1) is 19.8 Å². The van der Waals surface area contributed by atoms with E-state index in [9.17, 15) is 23.1 Å². The van der Waals surface area contributed by atoms with E-state index in [1.807, 2.05) is 26.0 Å². The van der Waals surface area contributed by atoms with Crippen molar-refractivity contribution in [3.05, 3.63) is 46.8 Å². The van der Waals surface area contributed by atoms with Crippen molar-refractivity contribution in [1.29, 1.82) is 0 Å². The number of hydrogen-bond acceptors (Lipinski definition) is 7. The van der Waals surface area contributed by atoms with Crippen LogP contribution in [0.2, 0.25) is 0 Å². The fourth-order valence-corrected chi connectivity index (χ4v) is 8.31. The van der Waals surface area contributed by atoms with Crippen LogP contribution in [0.4, 0.5) is 0 Å². The number of amides is 2. The number of hydrogen-bond donors (Lipinski definition) is 4. The first-order valence-corrected chi connectivity index (χ1v) is 17.6. The minimum Gasteiger partial charge on any atom is -0.390 e. The average molecular weight is 665 g/mol. The molecular formula is C32H49ClN6O5S. The van der Waals surface area contributed by atoms with Crippen molar-refractivity contribution in [1.82, 2.24) is 30.0 Å². The first-order chi connectivity index (χ1) is 21.0. The number of unbranched alkanes of at least 4 members (excludes halogenated alkanes) is 1. The summed E-state index contributed by atoms with van der Waals surface area (Å²) in [6.07, 6.45) is 6.71. The third-order valence-corrected chi connectivity index (χ3v) is 11.6. The Morgan fingerprint density at radius 2 is 1.73 bits per heavy atom. The molecule has 1 aromatic carbocycles. The largest absolute Gasteiger partial charge is 0.390 e. The highest BCUT2D eigenvalue weighted by atomic mass is 35.5. The molecule has 2 saturated heterocycles. The first kappa shape index (κ1) is 35.3. The summed E-state index contributed by atoms with van der Waals surface area (Å²) in [4.78, 5) is 32.4. The van der Waals surface area contributed by atoms with Gasteiger partial charge in [-0.1, -0.05) is 44.7 Å². The fraction of sp³-hybridized carbons (Fsp3) is 0.656. The zero-order valence-electron chi connectivity index (χ0n) is 26.8. The summed E-state index contributed by atoms with van der Waals surface area (Å²) in [6, 6.07) is 5.79. The standard InChI is InChI=1S/C32H48N6O5S.ClH/c1-5-6-18-38-30(40)27(29(39)24-10-8-7-9-11-24)34-31(41)32(38)16-19-37(20-17-32)28(26-21(2)35-36-22(26)3)23-12-14-25(15-13-23)44(42,43)33-4;/h12-15,24,27-29,33,39H,5-11,16-20H2,1-4H3,(H,34,41)(H,35,36);1H/t27-,28?,29-;/m1./s1. The molecule has 3 aliphatic rings. The van der Waals surface area contributed by atoms with E-state index in [-0.39, 0.29) is 41.1 Å². The predicted octanol–water partition coefficient (Wildman–Crippen LogP) is 3.35. The molecule has 3 atom stereocenters. The van der Waals surface area contributed by atoms with Crippen molar-refractivity contribution in [2.75, 3.05) is 26.7 Å². The van der Waals surface area contributed by atoms with Crippen molar-refractivity contribution in [2.24, 2.45) is 5.92 Å². The average Bonchev–Trinajstić information content (AvgIpc) is 3.37. The van der Waals surface area contributed by atoms with Crippen molar-refractivity contribution in [3.63, 3.8) is 0 Å². The van der Waals surface area contributed by atoms with Crippen LogP contribution in [0.1, 0.15) is 93.3 Å². The van der Waals surface area contributed by atoms with Crippen molar-refractivity contribution in [3.8, 4) is 0 Å². The summed E-state index contributed by atoms with van der Waals surface area (Å²) in [6.45, 7) is 7.58. The molecule has 1 aromatic heterocycles. The second-order valence-electron chi connectivity index (χ2n) is 12.8. The van der Waals surface area contributed by atoms with E-state index in [0.29, 0.717) is 32.5 Å². The fourth-order valence-electron chi connectivity index (χ4n) is 7.58. The number of carbonyl (C=O) groups is 2. The smallest absolute Gasteiger partial charge is 0.248 e. The Labute approximate surface area is 273 Å². The van der Waals surface area contributed by atoms with Crippen LogP contribution in [-0.4, -0.2) is 89.7 Å². The monoisotopic (exact) mass is 664 g/mol. The highest BCUT2D eigenvalue weighted by molar-refractivity contribution is 7.89. The van der Waals surface area contributed by atoms with E-state index < -0.39 is 27.7 Å². The third kappa shape index (κ3) is 6.81. The number of nitrogens with one attached hydrogen (secondary N) is 3. The molecule has 11 nitrogen and oxygen atoms in total. The Bertz CT molecular complexity index is 1410. The second-order valence-corrected chi connectivity index (χ2v) is 14.7. The van der Waals surface area contributed by atoms with Gasteiger partial charge in [-0.05, 0) is 76.6 Å². The van der Waals surface area contributed by atoms with Gasteiger partial charge in [0.1, 0.15) is 11.6 Å². The SMILES string of the molecule is CCCCN1C(=O)[C@@H]([C@H](O)C2CCCCC2)NC(=O)C12CCN(C(c1ccc(S(=O)(=O)NC)cc1)c1c(C)n[nH]c1C)CC2.Cl. The summed E-state index contributed by atoms with van der Waals surface area (Å²) in [5.74, 6) is -0.302. The number of nitrogens with zero attached hydrogens (tertiary/aromatic N) is 3. The number of aromatic amines is 1. The van der Waals surface area contributed by atoms with Crippen LogP contribution in [0.3, 0.4) is 0 Å². The topological polar surface area (TPSA) is 148 Å². The molecule has 2 aliphatic heterocycles. The minimum absolute atomic E-state index is 0. The molecule has 2 amide bonds. The summed E-state index contributed by atoms with van der Waals surface area (Å²) < 4.78 is 27.1. The number of aromatic nitrogens is 2. The molecule has 5 rings (SSSR count). The van der Waals surface area contributed by atoms with Gasteiger partial charge < -0.3 is 15.3 Å². The molecule has 3 heterocycles. The number of aliphatic hydroxyl groups is 1. The molecule has 1 unspecified atom stereocenters. The second kappa shape index (κ2) is 14.5. The summed E-state index contributed by atoms with van der Waals surface area (Å²) in [5, 5.41) is 21.8. The Balaban J connectivity index is 0.00000461. The number of piperazine rings is 1. The van der Waals surface area contributed by atoms with Crippen LogP contribution >= 0.6 is 12.4 Å². The maximum atomic E-state index is 14.1. The highest BCUT2D eigenvalue weighted by Gasteiger charge is 2.55. The lowest BCUT2D eigenvalue weighted by molar-refractivity contribution is -0.166. The van der Waals surface area contributed by atoms with Gasteiger partial charge in [-0.25, -0.2) is 13.1 Å². The molecule has 1 spiro atoms. The Hall–Kier alpha value is -2.51. The lowest BCUT2D eigenvalue weighted by Gasteiger charge is -2.53. The lowest BCUT2D eigenvalue weighted by atomic mass is 9.77. The number of aliphatic hydroxyl groups excluding tert-OH is 1. The number of halogens is 1. The number of rotatable bonds is 10. The molecule has 0 radical (unpaired) electrons. The number of H-pyrrole nitrogens is 1. The maximum absolute atomic E-state index is 14.1. The van der Waals surface area contributed by atoms with Gasteiger partial charge in [-0.15, -0.1) is 12.4 Å². The van der Waals surface area contributed by atoms with Crippen LogP contribution in [-0.2, 0) is 19.6 Å². The number of aryl methyl sites for hydroxylation is 2.